The van der Waals surface area contributed by atoms with Crippen LogP contribution in [-0.4, -0.2) is 23.1 Å². The summed E-state index contributed by atoms with van der Waals surface area (Å²) >= 11 is 0. The van der Waals surface area contributed by atoms with Gasteiger partial charge in [-0.2, -0.15) is 0 Å². The number of unbranched alkanes of at least 4 members (excludes halogenated alkanes) is 15. The van der Waals surface area contributed by atoms with E-state index in [1.54, 1.807) is 0 Å². The van der Waals surface area contributed by atoms with Gasteiger partial charge in [-0.05, 0) is 83.1 Å². The van der Waals surface area contributed by atoms with Crippen LogP contribution in [0.25, 0.3) is 0 Å². The number of carbonyl (C=O) groups excluding carboxylic acids is 1. The molecule has 1 atom stereocenters. The van der Waals surface area contributed by atoms with Crippen LogP contribution in [-0.2, 0) is 14.3 Å². The van der Waals surface area contributed by atoms with Crippen molar-refractivity contribution >= 4 is 11.9 Å². The lowest BCUT2D eigenvalue weighted by Gasteiger charge is -2.15. The topological polar surface area (TPSA) is 63.6 Å². The van der Waals surface area contributed by atoms with Crippen molar-refractivity contribution in [2.75, 3.05) is 0 Å². The van der Waals surface area contributed by atoms with Crippen LogP contribution in [0, 0.1) is 0 Å². The number of ether oxygens (including phenoxy) is 1. The molecule has 1 unspecified atom stereocenters. The molecule has 0 aliphatic heterocycles. The van der Waals surface area contributed by atoms with Crippen LogP contribution in [0.4, 0.5) is 0 Å². The summed E-state index contributed by atoms with van der Waals surface area (Å²) in [5.74, 6) is -0.768. The Kier molecular flexibility index (Phi) is 33.2. The van der Waals surface area contributed by atoms with Gasteiger partial charge in [0.15, 0.2) is 0 Å². The Bertz CT molecular complexity index is 789. The molecule has 0 bridgehead atoms. The molecule has 0 aromatic heterocycles. The van der Waals surface area contributed by atoms with Crippen LogP contribution in [0.5, 0.6) is 0 Å². The van der Waals surface area contributed by atoms with E-state index >= 15 is 0 Å². The van der Waals surface area contributed by atoms with E-state index in [0.29, 0.717) is 6.42 Å². The zero-order chi connectivity index (χ0) is 32.2. The minimum absolute atomic E-state index is 0.0631. The summed E-state index contributed by atoms with van der Waals surface area (Å²) in [6.07, 6.45) is 48.2. The van der Waals surface area contributed by atoms with Crippen molar-refractivity contribution in [3.8, 4) is 0 Å². The maximum Gasteiger partial charge on any atom is 0.306 e. The largest absolute Gasteiger partial charge is 0.481 e. The number of hydrogen-bond acceptors (Lipinski definition) is 3. The molecular formula is C40H68O4. The van der Waals surface area contributed by atoms with Crippen LogP contribution in [0.1, 0.15) is 174 Å². The predicted molar refractivity (Wildman–Crippen MR) is 190 cm³/mol. The molecule has 0 rings (SSSR count). The van der Waals surface area contributed by atoms with Crippen molar-refractivity contribution in [3.63, 3.8) is 0 Å². The molecular weight excluding hydrogens is 544 g/mol. The zero-order valence-electron chi connectivity index (χ0n) is 28.7. The number of rotatable bonds is 32. The second-order valence-electron chi connectivity index (χ2n) is 12.0. The van der Waals surface area contributed by atoms with Gasteiger partial charge < -0.3 is 9.84 Å². The SMILES string of the molecule is CC/C=C\C/C=C\C/C=C\C/C=C\CCCCCCC(=O)OC(/C=C\CCCCCCCC)CCCCCCCCC(=O)O. The summed E-state index contributed by atoms with van der Waals surface area (Å²) in [5, 5.41) is 8.76. The predicted octanol–water partition coefficient (Wildman–Crippen LogP) is 12.6. The second-order valence-corrected chi connectivity index (χ2v) is 12.0. The van der Waals surface area contributed by atoms with Gasteiger partial charge in [-0.1, -0.05) is 139 Å². The molecule has 1 N–H and O–H groups in total. The van der Waals surface area contributed by atoms with Gasteiger partial charge in [0.2, 0.25) is 0 Å². The van der Waals surface area contributed by atoms with E-state index in [0.717, 1.165) is 103 Å². The lowest BCUT2D eigenvalue weighted by molar-refractivity contribution is -0.147. The highest BCUT2D eigenvalue weighted by atomic mass is 16.5. The average Bonchev–Trinajstić information content (AvgIpc) is 3.01. The fourth-order valence-corrected chi connectivity index (χ4v) is 5.02. The molecule has 0 aromatic carbocycles. The smallest absolute Gasteiger partial charge is 0.306 e. The standard InChI is InChI=1S/C40H68O4/c1-3-5-7-9-11-13-14-15-16-17-18-19-20-21-23-29-33-37-40(43)44-38(34-30-26-22-12-10-8-6-4-2)35-31-27-24-25-28-32-36-39(41)42/h5,7,11,13,15-16,18-19,30,34,38H,3-4,6,8-10,12,14,17,20-29,31-33,35-37H2,1-2H3,(H,41,42)/b7-5-,13-11-,16-15-,19-18-,34-30-. The first-order chi connectivity index (χ1) is 21.6. The van der Waals surface area contributed by atoms with Crippen LogP contribution >= 0.6 is 0 Å². The van der Waals surface area contributed by atoms with Gasteiger partial charge in [-0.3, -0.25) is 9.59 Å². The van der Waals surface area contributed by atoms with Crippen molar-refractivity contribution in [2.45, 2.75) is 180 Å². The summed E-state index contributed by atoms with van der Waals surface area (Å²) in [4.78, 5) is 23.2. The highest BCUT2D eigenvalue weighted by Crippen LogP contribution is 2.15. The summed E-state index contributed by atoms with van der Waals surface area (Å²) in [6.45, 7) is 4.41. The number of esters is 1. The van der Waals surface area contributed by atoms with Crippen LogP contribution in [0.3, 0.4) is 0 Å². The van der Waals surface area contributed by atoms with Gasteiger partial charge in [0.25, 0.3) is 0 Å². The molecule has 0 heterocycles. The molecule has 0 aliphatic rings. The summed E-state index contributed by atoms with van der Waals surface area (Å²) in [6, 6.07) is 0. The minimum atomic E-state index is -0.704. The summed E-state index contributed by atoms with van der Waals surface area (Å²) in [7, 11) is 0. The molecule has 4 nitrogen and oxygen atoms in total. The van der Waals surface area contributed by atoms with Crippen molar-refractivity contribution in [2.24, 2.45) is 0 Å². The Balaban J connectivity index is 4.12. The van der Waals surface area contributed by atoms with Crippen molar-refractivity contribution in [3.05, 3.63) is 60.8 Å². The second kappa shape index (κ2) is 35.1. The maximum atomic E-state index is 12.6. The number of carbonyl (C=O) groups is 2. The van der Waals surface area contributed by atoms with E-state index in [1.165, 1.54) is 44.9 Å². The highest BCUT2D eigenvalue weighted by molar-refractivity contribution is 5.69. The average molecular weight is 613 g/mol. The molecule has 0 spiro atoms. The molecule has 0 aliphatic carbocycles. The fraction of sp³-hybridized carbons (Fsp3) is 0.700. The highest BCUT2D eigenvalue weighted by Gasteiger charge is 2.11. The third-order valence-corrected chi connectivity index (χ3v) is 7.71. The fourth-order valence-electron chi connectivity index (χ4n) is 5.02. The van der Waals surface area contributed by atoms with E-state index in [1.807, 2.05) is 0 Å². The minimum Gasteiger partial charge on any atom is -0.481 e. The molecule has 4 heteroatoms. The van der Waals surface area contributed by atoms with E-state index in [2.05, 4.69) is 74.6 Å². The molecule has 0 saturated carbocycles. The number of carboxylic acid groups (broad SMARTS) is 1. The third-order valence-electron chi connectivity index (χ3n) is 7.71. The quantitative estimate of drug-likeness (QED) is 0.0466. The van der Waals surface area contributed by atoms with Gasteiger partial charge in [0, 0.05) is 12.8 Å². The number of allylic oxidation sites excluding steroid dienone is 9. The third kappa shape index (κ3) is 34.1. The normalized spacial score (nSPS) is 13.0. The van der Waals surface area contributed by atoms with E-state index in [4.69, 9.17) is 9.84 Å². The van der Waals surface area contributed by atoms with Gasteiger partial charge in [0.05, 0.1) is 0 Å². The lowest BCUT2D eigenvalue weighted by atomic mass is 10.0. The van der Waals surface area contributed by atoms with Crippen molar-refractivity contribution in [1.29, 1.82) is 0 Å². The van der Waals surface area contributed by atoms with Gasteiger partial charge >= 0.3 is 11.9 Å². The molecule has 44 heavy (non-hydrogen) atoms. The summed E-state index contributed by atoms with van der Waals surface area (Å²) < 4.78 is 5.89. The first-order valence-electron chi connectivity index (χ1n) is 18.3. The molecule has 0 aromatic rings. The number of hydrogen-bond donors (Lipinski definition) is 1. The molecule has 0 radical (unpaired) electrons. The lowest BCUT2D eigenvalue weighted by Crippen LogP contribution is -2.16. The number of carboxylic acids is 1. The molecule has 0 saturated heterocycles. The van der Waals surface area contributed by atoms with Gasteiger partial charge in [-0.25, -0.2) is 0 Å². The first-order valence-corrected chi connectivity index (χ1v) is 18.3. The Morgan fingerprint density at radius 1 is 0.545 bits per heavy atom. The Morgan fingerprint density at radius 2 is 1.02 bits per heavy atom. The molecule has 0 amide bonds. The molecule has 0 fully saturated rings. The van der Waals surface area contributed by atoms with Crippen molar-refractivity contribution in [1.82, 2.24) is 0 Å². The Labute approximate surface area is 272 Å². The monoisotopic (exact) mass is 613 g/mol. The number of aliphatic carboxylic acids is 1. The maximum absolute atomic E-state index is 12.6. The van der Waals surface area contributed by atoms with E-state index in [-0.39, 0.29) is 18.5 Å². The van der Waals surface area contributed by atoms with E-state index in [9.17, 15) is 9.59 Å². The van der Waals surface area contributed by atoms with Gasteiger partial charge in [-0.15, -0.1) is 0 Å². The summed E-state index contributed by atoms with van der Waals surface area (Å²) in [5.41, 5.74) is 0. The Morgan fingerprint density at radius 3 is 1.61 bits per heavy atom. The zero-order valence-corrected chi connectivity index (χ0v) is 28.7. The first kappa shape index (κ1) is 41.6. The van der Waals surface area contributed by atoms with Gasteiger partial charge in [0.1, 0.15) is 6.10 Å². The van der Waals surface area contributed by atoms with Crippen LogP contribution in [0.15, 0.2) is 60.8 Å². The Hall–Kier alpha value is -2.36. The van der Waals surface area contributed by atoms with Crippen LogP contribution in [0.2, 0.25) is 0 Å². The van der Waals surface area contributed by atoms with Crippen molar-refractivity contribution < 1.29 is 19.4 Å². The van der Waals surface area contributed by atoms with Crippen LogP contribution < -0.4 is 0 Å². The van der Waals surface area contributed by atoms with E-state index < -0.39 is 5.97 Å². The molecule has 252 valence electrons.